The molecule has 1 atom stereocenters. The average molecular weight is 213 g/mol. The first-order valence-electron chi connectivity index (χ1n) is 6.98. The Kier molecular flexibility index (Phi) is 9.18. The summed E-state index contributed by atoms with van der Waals surface area (Å²) in [4.78, 5) is 2.62. The van der Waals surface area contributed by atoms with E-state index in [1.165, 1.54) is 45.2 Å². The Balaban J connectivity index is 0.000000921. The number of unbranched alkanes of at least 4 members (excludes halogenated alkanes) is 2. The summed E-state index contributed by atoms with van der Waals surface area (Å²) < 4.78 is 0. The monoisotopic (exact) mass is 213 g/mol. The number of hydrogen-bond donors (Lipinski definition) is 0. The molecular weight excluding hydrogens is 182 g/mol. The lowest BCUT2D eigenvalue weighted by Gasteiger charge is -2.20. The van der Waals surface area contributed by atoms with Crippen LogP contribution >= 0.6 is 0 Å². The third kappa shape index (κ3) is 6.19. The number of rotatable bonds is 5. The van der Waals surface area contributed by atoms with Crippen molar-refractivity contribution in [2.75, 3.05) is 13.1 Å². The molecule has 0 amide bonds. The zero-order valence-electron chi connectivity index (χ0n) is 11.6. The third-order valence-electron chi connectivity index (χ3n) is 3.26. The molecule has 92 valence electrons. The van der Waals surface area contributed by atoms with Gasteiger partial charge in [0.15, 0.2) is 0 Å². The van der Waals surface area contributed by atoms with Crippen LogP contribution in [0.4, 0.5) is 0 Å². The van der Waals surface area contributed by atoms with Crippen molar-refractivity contribution < 1.29 is 0 Å². The van der Waals surface area contributed by atoms with E-state index in [0.29, 0.717) is 0 Å². The van der Waals surface area contributed by atoms with E-state index < -0.39 is 0 Å². The van der Waals surface area contributed by atoms with Crippen LogP contribution in [0, 0.1) is 5.92 Å². The molecule has 0 aromatic carbocycles. The van der Waals surface area contributed by atoms with Gasteiger partial charge in [-0.25, -0.2) is 0 Å². The van der Waals surface area contributed by atoms with Crippen molar-refractivity contribution in [2.24, 2.45) is 5.92 Å². The zero-order valence-corrected chi connectivity index (χ0v) is 11.6. The Labute approximate surface area is 97.2 Å². The van der Waals surface area contributed by atoms with E-state index in [0.717, 1.165) is 12.0 Å². The summed E-state index contributed by atoms with van der Waals surface area (Å²) in [6, 6.07) is 0.760. The van der Waals surface area contributed by atoms with Gasteiger partial charge < -0.3 is 4.90 Å². The quantitative estimate of drug-likeness (QED) is 0.615. The van der Waals surface area contributed by atoms with E-state index in [2.05, 4.69) is 25.7 Å². The molecule has 1 rings (SSSR count). The highest BCUT2D eigenvalue weighted by molar-refractivity contribution is 4.77. The number of nitrogens with zero attached hydrogens (tertiary/aromatic N) is 1. The highest BCUT2D eigenvalue weighted by Crippen LogP contribution is 2.23. The largest absolute Gasteiger partial charge is 0.301 e. The van der Waals surface area contributed by atoms with Crippen LogP contribution in [0.2, 0.25) is 0 Å². The molecule has 0 aliphatic carbocycles. The molecule has 1 fully saturated rings. The summed E-state index contributed by atoms with van der Waals surface area (Å²) in [5, 5.41) is 0. The van der Waals surface area contributed by atoms with Crippen LogP contribution in [0.1, 0.15) is 66.7 Å². The van der Waals surface area contributed by atoms with E-state index in [-0.39, 0.29) is 0 Å². The minimum Gasteiger partial charge on any atom is -0.301 e. The molecule has 0 aromatic heterocycles. The minimum atomic E-state index is 0.760. The first-order chi connectivity index (χ1) is 7.24. The fourth-order valence-corrected chi connectivity index (χ4v) is 2.25. The highest BCUT2D eigenvalue weighted by atomic mass is 15.2. The summed E-state index contributed by atoms with van der Waals surface area (Å²) in [5.41, 5.74) is 0. The van der Waals surface area contributed by atoms with Crippen LogP contribution in [0.5, 0.6) is 0 Å². The first-order valence-corrected chi connectivity index (χ1v) is 6.98. The van der Waals surface area contributed by atoms with Gasteiger partial charge in [-0.15, -0.1) is 0 Å². The van der Waals surface area contributed by atoms with Gasteiger partial charge in [-0.3, -0.25) is 0 Å². The summed E-state index contributed by atoms with van der Waals surface area (Å²) >= 11 is 0. The maximum absolute atomic E-state index is 2.62. The van der Waals surface area contributed by atoms with Gasteiger partial charge in [0.2, 0.25) is 0 Å². The third-order valence-corrected chi connectivity index (χ3v) is 3.26. The van der Waals surface area contributed by atoms with E-state index in [4.69, 9.17) is 0 Å². The molecule has 1 aliphatic rings. The lowest BCUT2D eigenvalue weighted by molar-refractivity contribution is 0.262. The fraction of sp³-hybridized carbons (Fsp3) is 1.00. The maximum Gasteiger partial charge on any atom is 0.00387 e. The van der Waals surface area contributed by atoms with Crippen LogP contribution in [-0.2, 0) is 0 Å². The Bertz CT molecular complexity index is 131. The van der Waals surface area contributed by atoms with Gasteiger partial charge in [0.25, 0.3) is 0 Å². The van der Waals surface area contributed by atoms with Gasteiger partial charge in [0, 0.05) is 12.6 Å². The van der Waals surface area contributed by atoms with Crippen molar-refractivity contribution in [3.05, 3.63) is 0 Å². The SMILES string of the molecule is CC.CCCCCC1CCN(C(C)C)C1. The molecule has 15 heavy (non-hydrogen) atoms. The Morgan fingerprint density at radius 1 is 1.20 bits per heavy atom. The van der Waals surface area contributed by atoms with Gasteiger partial charge in [0.05, 0.1) is 0 Å². The Morgan fingerprint density at radius 3 is 2.33 bits per heavy atom. The normalized spacial score (nSPS) is 21.6. The number of hydrogen-bond acceptors (Lipinski definition) is 1. The van der Waals surface area contributed by atoms with Crippen molar-refractivity contribution in [1.82, 2.24) is 4.90 Å². The van der Waals surface area contributed by atoms with Crippen LogP contribution in [0.3, 0.4) is 0 Å². The number of likely N-dealkylation sites (tertiary alicyclic amines) is 1. The molecular formula is C14H31N. The van der Waals surface area contributed by atoms with Crippen molar-refractivity contribution in [3.63, 3.8) is 0 Å². The van der Waals surface area contributed by atoms with Gasteiger partial charge in [-0.2, -0.15) is 0 Å². The topological polar surface area (TPSA) is 3.24 Å². The second kappa shape index (κ2) is 9.21. The Morgan fingerprint density at radius 2 is 1.87 bits per heavy atom. The smallest absolute Gasteiger partial charge is 0.00387 e. The minimum absolute atomic E-state index is 0.760. The predicted octanol–water partition coefficient (Wildman–Crippen LogP) is 4.32. The molecule has 0 saturated carbocycles. The average Bonchev–Trinajstić information content (AvgIpc) is 2.70. The summed E-state index contributed by atoms with van der Waals surface area (Å²) in [7, 11) is 0. The molecule has 1 nitrogen and oxygen atoms in total. The van der Waals surface area contributed by atoms with E-state index in [1.54, 1.807) is 0 Å². The first kappa shape index (κ1) is 15.0. The summed E-state index contributed by atoms with van der Waals surface area (Å²) in [6.45, 7) is 13.6. The molecule has 1 unspecified atom stereocenters. The molecule has 0 radical (unpaired) electrons. The Hall–Kier alpha value is -0.0400. The second-order valence-corrected chi connectivity index (χ2v) is 4.74. The molecule has 0 bridgehead atoms. The van der Waals surface area contributed by atoms with Crippen molar-refractivity contribution >= 4 is 0 Å². The van der Waals surface area contributed by atoms with Crippen LogP contribution in [0.25, 0.3) is 0 Å². The molecule has 1 heteroatoms. The molecule has 0 aromatic rings. The molecule has 0 N–H and O–H groups in total. The van der Waals surface area contributed by atoms with Crippen LogP contribution < -0.4 is 0 Å². The fourth-order valence-electron chi connectivity index (χ4n) is 2.25. The standard InChI is InChI=1S/C12H25N.C2H6/c1-4-5-6-7-12-8-9-13(10-12)11(2)3;1-2/h11-12H,4-10H2,1-3H3;1-2H3. The summed E-state index contributed by atoms with van der Waals surface area (Å²) in [5.74, 6) is 1.01. The van der Waals surface area contributed by atoms with Gasteiger partial charge >= 0.3 is 0 Å². The van der Waals surface area contributed by atoms with Crippen molar-refractivity contribution in [3.8, 4) is 0 Å². The van der Waals surface area contributed by atoms with Gasteiger partial charge in [-0.05, 0) is 39.2 Å². The predicted molar refractivity (Wildman–Crippen MR) is 70.3 cm³/mol. The highest BCUT2D eigenvalue weighted by Gasteiger charge is 2.23. The lowest BCUT2D eigenvalue weighted by Crippen LogP contribution is -2.28. The van der Waals surface area contributed by atoms with E-state index in [9.17, 15) is 0 Å². The second-order valence-electron chi connectivity index (χ2n) is 4.74. The van der Waals surface area contributed by atoms with Crippen molar-refractivity contribution in [1.29, 1.82) is 0 Å². The summed E-state index contributed by atoms with van der Waals surface area (Å²) in [6.07, 6.45) is 7.16. The van der Waals surface area contributed by atoms with Crippen LogP contribution in [-0.4, -0.2) is 24.0 Å². The van der Waals surface area contributed by atoms with E-state index >= 15 is 0 Å². The molecule has 1 saturated heterocycles. The maximum atomic E-state index is 2.62. The molecule has 1 aliphatic heterocycles. The zero-order chi connectivity index (χ0) is 11.7. The van der Waals surface area contributed by atoms with E-state index in [1.807, 2.05) is 13.8 Å². The van der Waals surface area contributed by atoms with Gasteiger partial charge in [-0.1, -0.05) is 40.0 Å². The molecule has 0 spiro atoms. The van der Waals surface area contributed by atoms with Crippen LogP contribution in [0.15, 0.2) is 0 Å². The molecule has 1 heterocycles. The van der Waals surface area contributed by atoms with Crippen molar-refractivity contribution in [2.45, 2.75) is 72.8 Å². The lowest BCUT2D eigenvalue weighted by atomic mass is 10.0. The van der Waals surface area contributed by atoms with Gasteiger partial charge in [0.1, 0.15) is 0 Å².